The molecular weight excluding hydrogens is 224 g/mol. The van der Waals surface area contributed by atoms with E-state index in [1.807, 2.05) is 0 Å². The fraction of sp³-hybridized carbons (Fsp3) is 0.875. The lowest BCUT2D eigenvalue weighted by molar-refractivity contribution is 0.590. The Hall–Kier alpha value is -0.290. The molecule has 4 nitrogen and oxygen atoms in total. The summed E-state index contributed by atoms with van der Waals surface area (Å²) in [5.74, 6) is 0.690. The summed E-state index contributed by atoms with van der Waals surface area (Å²) in [6.07, 6.45) is 3.62. The van der Waals surface area contributed by atoms with Crippen molar-refractivity contribution in [3.63, 3.8) is 0 Å². The fourth-order valence-electron chi connectivity index (χ4n) is 0.775. The van der Waals surface area contributed by atoms with Crippen LogP contribution in [-0.2, 0) is 10.0 Å². The van der Waals surface area contributed by atoms with Crippen LogP contribution in [0.5, 0.6) is 0 Å². The molecule has 0 atom stereocenters. The highest BCUT2D eigenvalue weighted by atomic mass is 35.5. The van der Waals surface area contributed by atoms with Gasteiger partial charge in [-0.05, 0) is 12.8 Å². The summed E-state index contributed by atoms with van der Waals surface area (Å²) >= 11 is 5.47. The minimum Gasteiger partial charge on any atom is -0.368 e. The van der Waals surface area contributed by atoms with Gasteiger partial charge in [-0.3, -0.25) is 0 Å². The molecular formula is C8H17ClN2O2S. The molecule has 0 spiro atoms. The van der Waals surface area contributed by atoms with Gasteiger partial charge in [-0.1, -0.05) is 6.42 Å². The highest BCUT2D eigenvalue weighted by Crippen LogP contribution is 2.02. The van der Waals surface area contributed by atoms with E-state index >= 15 is 0 Å². The van der Waals surface area contributed by atoms with Crippen molar-refractivity contribution in [2.75, 3.05) is 25.7 Å². The molecule has 0 aromatic carbocycles. The lowest BCUT2D eigenvalue weighted by atomic mass is 10.3. The molecule has 14 heavy (non-hydrogen) atoms. The summed E-state index contributed by atoms with van der Waals surface area (Å²) < 4.78 is 26.0. The molecule has 0 N–H and O–H groups in total. The molecule has 0 saturated heterocycles. The number of hydrogen-bond acceptors (Lipinski definition) is 2. The Balaban J connectivity index is 3.85. The Labute approximate surface area is 91.0 Å². The third-order valence-electron chi connectivity index (χ3n) is 1.47. The summed E-state index contributed by atoms with van der Waals surface area (Å²) in [5.41, 5.74) is 0. The van der Waals surface area contributed by atoms with Gasteiger partial charge in [0.15, 0.2) is 0 Å². The van der Waals surface area contributed by atoms with Crippen molar-refractivity contribution in [1.82, 2.24) is 4.90 Å². The second-order valence-electron chi connectivity index (χ2n) is 3.22. The first-order valence-electron chi connectivity index (χ1n) is 4.48. The molecule has 0 aromatic heterocycles. The number of hydrogen-bond donors (Lipinski definition) is 0. The molecule has 0 aromatic rings. The fourth-order valence-corrected chi connectivity index (χ4v) is 1.97. The van der Waals surface area contributed by atoms with Crippen LogP contribution in [0.4, 0.5) is 0 Å². The predicted molar refractivity (Wildman–Crippen MR) is 60.5 cm³/mol. The number of unbranched alkanes of at least 4 members (excludes halogenated alkanes) is 2. The quantitative estimate of drug-likeness (QED) is 0.292. The predicted octanol–water partition coefficient (Wildman–Crippen LogP) is 1.32. The van der Waals surface area contributed by atoms with Gasteiger partial charge >= 0.3 is 0 Å². The van der Waals surface area contributed by atoms with E-state index in [4.69, 9.17) is 11.6 Å². The molecule has 0 fully saturated rings. The lowest BCUT2D eigenvalue weighted by Crippen LogP contribution is -2.11. The van der Waals surface area contributed by atoms with E-state index in [-0.39, 0.29) is 5.75 Å². The molecule has 0 unspecified atom stereocenters. The molecule has 84 valence electrons. The topological polar surface area (TPSA) is 49.7 Å². The maximum Gasteiger partial charge on any atom is 0.254 e. The molecule has 0 rings (SSSR count). The summed E-state index contributed by atoms with van der Waals surface area (Å²) in [7, 11) is 0.185. The minimum atomic E-state index is -3.27. The number of rotatable bonds is 7. The Kier molecular flexibility index (Phi) is 6.92. The molecule has 0 saturated carbocycles. The third-order valence-corrected chi connectivity index (χ3v) is 2.96. The van der Waals surface area contributed by atoms with Crippen LogP contribution in [0, 0.1) is 0 Å². The van der Waals surface area contributed by atoms with E-state index in [0.29, 0.717) is 12.3 Å². The molecule has 0 radical (unpaired) electrons. The van der Waals surface area contributed by atoms with Gasteiger partial charge in [0, 0.05) is 20.0 Å². The first-order chi connectivity index (χ1) is 6.48. The van der Waals surface area contributed by atoms with E-state index in [9.17, 15) is 8.42 Å². The Morgan fingerprint density at radius 1 is 1.29 bits per heavy atom. The van der Waals surface area contributed by atoms with E-state index in [1.165, 1.54) is 6.34 Å². The van der Waals surface area contributed by atoms with Gasteiger partial charge in [0.05, 0.1) is 5.75 Å². The average Bonchev–Trinajstić information content (AvgIpc) is 2.10. The molecule has 6 heteroatoms. The van der Waals surface area contributed by atoms with Crippen LogP contribution in [-0.4, -0.2) is 45.4 Å². The minimum absolute atomic E-state index is 0.105. The van der Waals surface area contributed by atoms with E-state index in [2.05, 4.69) is 4.40 Å². The van der Waals surface area contributed by atoms with Crippen molar-refractivity contribution in [3.05, 3.63) is 0 Å². The maximum absolute atomic E-state index is 11.2. The van der Waals surface area contributed by atoms with Crippen LogP contribution in [0.1, 0.15) is 19.3 Å². The van der Waals surface area contributed by atoms with Crippen LogP contribution in [0.25, 0.3) is 0 Å². The highest BCUT2D eigenvalue weighted by Gasteiger charge is 2.06. The number of halogens is 1. The summed E-state index contributed by atoms with van der Waals surface area (Å²) in [5, 5.41) is 0. The first kappa shape index (κ1) is 13.7. The van der Waals surface area contributed by atoms with Gasteiger partial charge in [-0.15, -0.1) is 11.6 Å². The second-order valence-corrected chi connectivity index (χ2v) is 5.38. The van der Waals surface area contributed by atoms with Crippen molar-refractivity contribution in [3.8, 4) is 0 Å². The van der Waals surface area contributed by atoms with Crippen molar-refractivity contribution < 1.29 is 8.42 Å². The van der Waals surface area contributed by atoms with Crippen molar-refractivity contribution in [2.45, 2.75) is 19.3 Å². The molecule has 0 aliphatic heterocycles. The van der Waals surface area contributed by atoms with Gasteiger partial charge in [-0.2, -0.15) is 4.40 Å². The Morgan fingerprint density at radius 2 is 1.93 bits per heavy atom. The number of nitrogens with zero attached hydrogens (tertiary/aromatic N) is 2. The number of sulfonamides is 1. The van der Waals surface area contributed by atoms with Gasteiger partial charge in [0.1, 0.15) is 6.34 Å². The Morgan fingerprint density at radius 3 is 2.43 bits per heavy atom. The molecule has 0 aliphatic rings. The van der Waals surface area contributed by atoms with Gasteiger partial charge < -0.3 is 4.90 Å². The summed E-state index contributed by atoms with van der Waals surface area (Å²) in [6, 6.07) is 0. The molecule has 0 amide bonds. The SMILES string of the molecule is CN(C)/C=N/S(=O)(=O)CCCCCCl. The average molecular weight is 241 g/mol. The van der Waals surface area contributed by atoms with Crippen molar-refractivity contribution >= 4 is 28.0 Å². The summed E-state index contributed by atoms with van der Waals surface area (Å²) in [6.45, 7) is 0. The standard InChI is InChI=1S/C8H17ClN2O2S/c1-11(2)8-10-14(12,13)7-5-3-4-6-9/h8H,3-7H2,1-2H3/b10-8+. The van der Waals surface area contributed by atoms with Crippen LogP contribution >= 0.6 is 11.6 Å². The zero-order valence-electron chi connectivity index (χ0n) is 8.61. The van der Waals surface area contributed by atoms with Crippen molar-refractivity contribution in [1.29, 1.82) is 0 Å². The second kappa shape index (κ2) is 7.06. The maximum atomic E-state index is 11.2. The van der Waals surface area contributed by atoms with E-state index in [0.717, 1.165) is 12.8 Å². The largest absolute Gasteiger partial charge is 0.368 e. The van der Waals surface area contributed by atoms with E-state index in [1.54, 1.807) is 19.0 Å². The van der Waals surface area contributed by atoms with Crippen LogP contribution in [0.15, 0.2) is 4.40 Å². The summed E-state index contributed by atoms with van der Waals surface area (Å²) in [4.78, 5) is 1.59. The normalized spacial score (nSPS) is 12.2. The highest BCUT2D eigenvalue weighted by molar-refractivity contribution is 7.90. The monoisotopic (exact) mass is 240 g/mol. The lowest BCUT2D eigenvalue weighted by Gasteiger charge is -2.02. The van der Waals surface area contributed by atoms with Crippen molar-refractivity contribution in [2.24, 2.45) is 4.40 Å². The van der Waals surface area contributed by atoms with Crippen LogP contribution in [0.3, 0.4) is 0 Å². The van der Waals surface area contributed by atoms with Crippen LogP contribution < -0.4 is 0 Å². The third kappa shape index (κ3) is 8.31. The molecule has 0 aliphatic carbocycles. The van der Waals surface area contributed by atoms with E-state index < -0.39 is 10.0 Å². The molecule has 0 heterocycles. The van der Waals surface area contributed by atoms with Gasteiger partial charge in [0.2, 0.25) is 0 Å². The zero-order valence-corrected chi connectivity index (χ0v) is 10.2. The smallest absolute Gasteiger partial charge is 0.254 e. The van der Waals surface area contributed by atoms with Crippen LogP contribution in [0.2, 0.25) is 0 Å². The van der Waals surface area contributed by atoms with Gasteiger partial charge in [-0.25, -0.2) is 8.42 Å². The molecule has 0 bridgehead atoms. The Bertz CT molecular complexity index is 263. The first-order valence-corrected chi connectivity index (χ1v) is 6.63. The zero-order chi connectivity index (χ0) is 11.0. The number of alkyl halides is 1. The van der Waals surface area contributed by atoms with Gasteiger partial charge in [0.25, 0.3) is 10.0 Å².